The number of phenolic OH excluding ortho intramolecular Hbond substituents is 1. The van der Waals surface area contributed by atoms with E-state index in [1.165, 1.54) is 36.4 Å². The van der Waals surface area contributed by atoms with E-state index in [1.54, 1.807) is 0 Å². The van der Waals surface area contributed by atoms with E-state index in [4.69, 9.17) is 5.73 Å². The largest absolute Gasteiger partial charge is 0.507 e. The van der Waals surface area contributed by atoms with Crippen LogP contribution in [-0.2, 0) is 6.18 Å². The van der Waals surface area contributed by atoms with Crippen LogP contribution in [0.4, 0.5) is 18.9 Å². The molecule has 2 aromatic rings. The van der Waals surface area contributed by atoms with E-state index in [0.29, 0.717) is 5.69 Å². The number of anilines is 1. The van der Waals surface area contributed by atoms with E-state index < -0.39 is 11.7 Å². The summed E-state index contributed by atoms with van der Waals surface area (Å²) >= 11 is 0. The second kappa shape index (κ2) is 4.25. The van der Waals surface area contributed by atoms with Gasteiger partial charge in [0.15, 0.2) is 0 Å². The molecule has 0 saturated heterocycles. The zero-order valence-corrected chi connectivity index (χ0v) is 9.20. The van der Waals surface area contributed by atoms with Gasteiger partial charge in [0.1, 0.15) is 5.75 Å². The normalized spacial score (nSPS) is 11.5. The zero-order chi connectivity index (χ0) is 13.3. The van der Waals surface area contributed by atoms with Gasteiger partial charge in [-0.25, -0.2) is 0 Å². The number of halogens is 3. The predicted octanol–water partition coefficient (Wildman–Crippen LogP) is 3.66. The number of nitrogen functional groups attached to an aromatic ring is 1. The van der Waals surface area contributed by atoms with Crippen molar-refractivity contribution < 1.29 is 18.3 Å². The molecule has 0 fully saturated rings. The Morgan fingerprint density at radius 1 is 0.944 bits per heavy atom. The first-order chi connectivity index (χ1) is 8.39. The number of aromatic hydroxyl groups is 1. The fourth-order valence-electron chi connectivity index (χ4n) is 1.74. The number of hydrogen-bond acceptors (Lipinski definition) is 2. The van der Waals surface area contributed by atoms with Gasteiger partial charge in [-0.2, -0.15) is 13.2 Å². The lowest BCUT2D eigenvalue weighted by Crippen LogP contribution is -2.06. The summed E-state index contributed by atoms with van der Waals surface area (Å²) in [6.07, 6.45) is -4.47. The first-order valence-electron chi connectivity index (χ1n) is 5.14. The summed E-state index contributed by atoms with van der Waals surface area (Å²) < 4.78 is 38.5. The van der Waals surface area contributed by atoms with Gasteiger partial charge in [0, 0.05) is 17.3 Å². The number of nitrogens with two attached hydrogens (primary N) is 1. The number of hydrogen-bond donors (Lipinski definition) is 2. The van der Waals surface area contributed by atoms with Crippen LogP contribution in [0, 0.1) is 0 Å². The Morgan fingerprint density at radius 2 is 1.61 bits per heavy atom. The van der Waals surface area contributed by atoms with Gasteiger partial charge in [-0.3, -0.25) is 0 Å². The molecule has 3 N–H and O–H groups in total. The van der Waals surface area contributed by atoms with Gasteiger partial charge in [-0.05, 0) is 23.8 Å². The van der Waals surface area contributed by atoms with Crippen LogP contribution in [0.5, 0.6) is 5.75 Å². The van der Waals surface area contributed by atoms with Gasteiger partial charge in [-0.15, -0.1) is 0 Å². The smallest absolute Gasteiger partial charge is 0.417 e. The van der Waals surface area contributed by atoms with Crippen molar-refractivity contribution in [1.29, 1.82) is 0 Å². The van der Waals surface area contributed by atoms with E-state index in [1.807, 2.05) is 0 Å². The molecule has 0 amide bonds. The van der Waals surface area contributed by atoms with E-state index >= 15 is 0 Å². The van der Waals surface area contributed by atoms with Crippen molar-refractivity contribution >= 4 is 5.69 Å². The van der Waals surface area contributed by atoms with Crippen LogP contribution >= 0.6 is 0 Å². The molecule has 2 aromatic carbocycles. The third kappa shape index (κ3) is 2.25. The summed E-state index contributed by atoms with van der Waals surface area (Å²) in [7, 11) is 0. The molecule has 0 aromatic heterocycles. The molecule has 0 saturated carbocycles. The lowest BCUT2D eigenvalue weighted by atomic mass is 9.98. The average molecular weight is 253 g/mol. The minimum Gasteiger partial charge on any atom is -0.507 e. The monoisotopic (exact) mass is 253 g/mol. The van der Waals surface area contributed by atoms with Crippen molar-refractivity contribution in [3.8, 4) is 16.9 Å². The number of rotatable bonds is 1. The summed E-state index contributed by atoms with van der Waals surface area (Å²) in [5, 5.41) is 9.69. The Morgan fingerprint density at radius 3 is 2.22 bits per heavy atom. The van der Waals surface area contributed by atoms with Crippen molar-refractivity contribution in [3.63, 3.8) is 0 Å². The van der Waals surface area contributed by atoms with Gasteiger partial charge in [0.05, 0.1) is 5.56 Å². The molecule has 0 aliphatic rings. The highest BCUT2D eigenvalue weighted by Crippen LogP contribution is 2.40. The molecule has 0 atom stereocenters. The number of phenols is 1. The van der Waals surface area contributed by atoms with Crippen molar-refractivity contribution in [2.45, 2.75) is 6.18 Å². The van der Waals surface area contributed by atoms with Crippen LogP contribution in [-0.4, -0.2) is 5.11 Å². The van der Waals surface area contributed by atoms with Crippen LogP contribution in [0.25, 0.3) is 11.1 Å². The second-order valence-corrected chi connectivity index (χ2v) is 3.82. The third-order valence-electron chi connectivity index (χ3n) is 2.54. The van der Waals surface area contributed by atoms with Gasteiger partial charge in [-0.1, -0.05) is 18.2 Å². The van der Waals surface area contributed by atoms with E-state index in [-0.39, 0.29) is 16.9 Å². The van der Waals surface area contributed by atoms with Crippen LogP contribution in [0.2, 0.25) is 0 Å². The van der Waals surface area contributed by atoms with Gasteiger partial charge >= 0.3 is 6.18 Å². The SMILES string of the molecule is Nc1ccc(-c2ccccc2C(F)(F)F)c(O)c1. The lowest BCUT2D eigenvalue weighted by molar-refractivity contribution is -0.137. The summed E-state index contributed by atoms with van der Waals surface area (Å²) in [6, 6.07) is 9.13. The standard InChI is InChI=1S/C13H10F3NO/c14-13(15,16)11-4-2-1-3-9(11)10-6-5-8(17)7-12(10)18/h1-7,18H,17H2. The van der Waals surface area contributed by atoms with E-state index in [0.717, 1.165) is 6.07 Å². The number of alkyl halides is 3. The molecule has 0 aliphatic carbocycles. The highest BCUT2D eigenvalue weighted by Gasteiger charge is 2.33. The summed E-state index contributed by atoms with van der Waals surface area (Å²) in [5.74, 6) is -0.272. The van der Waals surface area contributed by atoms with Crippen LogP contribution in [0.15, 0.2) is 42.5 Å². The average Bonchev–Trinajstić information content (AvgIpc) is 2.28. The molecule has 2 nitrogen and oxygen atoms in total. The molecule has 0 aliphatic heterocycles. The van der Waals surface area contributed by atoms with E-state index in [9.17, 15) is 18.3 Å². The summed E-state index contributed by atoms with van der Waals surface area (Å²) in [4.78, 5) is 0. The Kier molecular flexibility index (Phi) is 2.90. The van der Waals surface area contributed by atoms with Gasteiger partial charge in [0.2, 0.25) is 0 Å². The molecule has 0 unspecified atom stereocenters. The van der Waals surface area contributed by atoms with Crippen LogP contribution in [0.1, 0.15) is 5.56 Å². The second-order valence-electron chi connectivity index (χ2n) is 3.82. The molecule has 18 heavy (non-hydrogen) atoms. The Balaban J connectivity index is 2.64. The first kappa shape index (κ1) is 12.3. The molecule has 0 spiro atoms. The summed E-state index contributed by atoms with van der Waals surface area (Å²) in [5.41, 5.74) is 4.99. The Labute approximate surface area is 101 Å². The van der Waals surface area contributed by atoms with Gasteiger partial charge < -0.3 is 10.8 Å². The van der Waals surface area contributed by atoms with E-state index in [2.05, 4.69) is 0 Å². The first-order valence-corrected chi connectivity index (χ1v) is 5.14. The molecule has 5 heteroatoms. The molecule has 0 bridgehead atoms. The Hall–Kier alpha value is -2.17. The topological polar surface area (TPSA) is 46.2 Å². The fourth-order valence-corrected chi connectivity index (χ4v) is 1.74. The van der Waals surface area contributed by atoms with Crippen LogP contribution in [0.3, 0.4) is 0 Å². The van der Waals surface area contributed by atoms with Crippen molar-refractivity contribution in [2.75, 3.05) is 5.73 Å². The van der Waals surface area contributed by atoms with Crippen LogP contribution < -0.4 is 5.73 Å². The van der Waals surface area contributed by atoms with Crippen molar-refractivity contribution in [2.24, 2.45) is 0 Å². The van der Waals surface area contributed by atoms with Crippen molar-refractivity contribution in [3.05, 3.63) is 48.0 Å². The fraction of sp³-hybridized carbons (Fsp3) is 0.0769. The summed E-state index contributed by atoms with van der Waals surface area (Å²) in [6.45, 7) is 0. The highest BCUT2D eigenvalue weighted by atomic mass is 19.4. The van der Waals surface area contributed by atoms with Gasteiger partial charge in [0.25, 0.3) is 0 Å². The molecule has 94 valence electrons. The quantitative estimate of drug-likeness (QED) is 0.762. The molecule has 2 rings (SSSR count). The maximum atomic E-state index is 12.8. The Bertz CT molecular complexity index is 579. The number of benzene rings is 2. The zero-order valence-electron chi connectivity index (χ0n) is 9.20. The molecule has 0 radical (unpaired) electrons. The minimum atomic E-state index is -4.47. The maximum absolute atomic E-state index is 12.8. The lowest BCUT2D eigenvalue weighted by Gasteiger charge is -2.13. The third-order valence-corrected chi connectivity index (χ3v) is 2.54. The molecule has 0 heterocycles. The maximum Gasteiger partial charge on any atom is 0.417 e. The predicted molar refractivity (Wildman–Crippen MR) is 63.0 cm³/mol. The highest BCUT2D eigenvalue weighted by molar-refractivity contribution is 5.75. The van der Waals surface area contributed by atoms with Crippen molar-refractivity contribution in [1.82, 2.24) is 0 Å². The minimum absolute atomic E-state index is 0.0671. The molecular weight excluding hydrogens is 243 g/mol. The molecular formula is C13H10F3NO.